The summed E-state index contributed by atoms with van der Waals surface area (Å²) < 4.78 is 58.7. The lowest BCUT2D eigenvalue weighted by Crippen LogP contribution is -2.51. The molecule has 0 aliphatic carbocycles. The second-order valence-corrected chi connectivity index (χ2v) is 6.74. The van der Waals surface area contributed by atoms with Gasteiger partial charge >= 0.3 is 0 Å². The van der Waals surface area contributed by atoms with Crippen LogP contribution in [0, 0.1) is 0 Å². The second-order valence-electron chi connectivity index (χ2n) is 5.93. The molecule has 0 radical (unpaired) electrons. The molecule has 1 N–H and O–H groups in total. The molecule has 13 heteroatoms. The Morgan fingerprint density at radius 1 is 1.24 bits per heavy atom. The first-order valence-corrected chi connectivity index (χ1v) is 8.70. The van der Waals surface area contributed by atoms with Crippen LogP contribution in [0.3, 0.4) is 0 Å². The summed E-state index contributed by atoms with van der Waals surface area (Å²) in [5.74, 6) is -1.12. The molecule has 0 saturated carbocycles. The number of carbonyl (C=O) groups excluding carboxylic acids is 1. The third-order valence-corrected chi connectivity index (χ3v) is 4.55. The lowest BCUT2D eigenvalue weighted by Gasteiger charge is -2.29. The molecule has 1 aromatic heterocycles. The third-order valence-electron chi connectivity index (χ3n) is 3.95. The van der Waals surface area contributed by atoms with Crippen molar-refractivity contribution < 1.29 is 32.2 Å². The van der Waals surface area contributed by atoms with Crippen molar-refractivity contribution in [1.29, 1.82) is 0 Å². The van der Waals surface area contributed by atoms with Crippen molar-refractivity contribution in [3.05, 3.63) is 46.2 Å². The highest BCUT2D eigenvalue weighted by atomic mass is 35.5. The zero-order chi connectivity index (χ0) is 21.3. The molecule has 3 rings (SSSR count). The number of hydrazone groups is 1. The zero-order valence-electron chi connectivity index (χ0n) is 14.3. The van der Waals surface area contributed by atoms with Gasteiger partial charge in [0.2, 0.25) is 5.72 Å². The molecule has 2 heterocycles. The number of carbonyl (C=O) groups is 1. The average Bonchev–Trinajstić information content (AvgIpc) is 3.26. The number of halogens is 6. The third kappa shape index (κ3) is 4.16. The Morgan fingerprint density at radius 3 is 2.48 bits per heavy atom. The first-order chi connectivity index (χ1) is 13.6. The number of rotatable bonds is 6. The van der Waals surface area contributed by atoms with Crippen molar-refractivity contribution in [1.82, 2.24) is 14.8 Å². The van der Waals surface area contributed by atoms with Crippen molar-refractivity contribution in [2.75, 3.05) is 0 Å². The normalized spacial score (nSPS) is 19.2. The Kier molecular flexibility index (Phi) is 6.01. The highest BCUT2D eigenvalue weighted by molar-refractivity contribution is 6.37. The SMILES string of the molecule is O=C(c1ccn(COc2c(Cl)cccc2Cl)n1)N1N=C(C(F)F)C[C@]1(O)C(F)F. The molecular weight excluding hydrogens is 443 g/mol. The van der Waals surface area contributed by atoms with E-state index in [9.17, 15) is 27.5 Å². The van der Waals surface area contributed by atoms with Crippen LogP contribution in [0.4, 0.5) is 17.6 Å². The Balaban J connectivity index is 1.78. The minimum Gasteiger partial charge on any atom is -0.468 e. The number of aliphatic hydroxyl groups is 1. The number of hydrogen-bond acceptors (Lipinski definition) is 5. The van der Waals surface area contributed by atoms with Gasteiger partial charge in [-0.1, -0.05) is 29.3 Å². The largest absolute Gasteiger partial charge is 0.468 e. The second kappa shape index (κ2) is 8.17. The van der Waals surface area contributed by atoms with Crippen LogP contribution < -0.4 is 4.74 Å². The number of nitrogens with zero attached hydrogens (tertiary/aromatic N) is 4. The van der Waals surface area contributed by atoms with Crippen LogP contribution >= 0.6 is 23.2 Å². The van der Waals surface area contributed by atoms with E-state index < -0.39 is 42.3 Å². The first kappa shape index (κ1) is 21.3. The molecular formula is C16H12Cl2F4N4O3. The van der Waals surface area contributed by atoms with Gasteiger partial charge in [-0.3, -0.25) is 4.79 Å². The van der Waals surface area contributed by atoms with Crippen molar-refractivity contribution in [2.45, 2.75) is 31.7 Å². The molecule has 29 heavy (non-hydrogen) atoms. The van der Waals surface area contributed by atoms with E-state index in [1.807, 2.05) is 0 Å². The van der Waals surface area contributed by atoms with Crippen molar-refractivity contribution in [2.24, 2.45) is 5.10 Å². The summed E-state index contributed by atoms with van der Waals surface area (Å²) in [5.41, 5.74) is -4.64. The standard InChI is InChI=1S/C16H12Cl2F4N4O3/c17-8-2-1-3-9(18)12(8)29-7-25-5-4-10(23-25)14(27)26-16(28,15(21)22)6-11(24-26)13(19)20/h1-5,13,15,28H,6-7H2/t16-/m0/s1. The molecule has 7 nitrogen and oxygen atoms in total. The van der Waals surface area contributed by atoms with Gasteiger partial charge in [0.1, 0.15) is 5.71 Å². The lowest BCUT2D eigenvalue weighted by atomic mass is 10.1. The van der Waals surface area contributed by atoms with Gasteiger partial charge in [0.15, 0.2) is 18.2 Å². The van der Waals surface area contributed by atoms with E-state index in [1.165, 1.54) is 18.3 Å². The van der Waals surface area contributed by atoms with Gasteiger partial charge in [-0.25, -0.2) is 22.2 Å². The Labute approximate surface area is 171 Å². The lowest BCUT2D eigenvalue weighted by molar-refractivity contribution is -0.164. The van der Waals surface area contributed by atoms with E-state index in [0.29, 0.717) is 0 Å². The van der Waals surface area contributed by atoms with Crippen LogP contribution in [0.2, 0.25) is 10.0 Å². The van der Waals surface area contributed by atoms with E-state index in [2.05, 4.69) is 10.2 Å². The summed E-state index contributed by atoms with van der Waals surface area (Å²) in [6.45, 7) is -0.249. The zero-order valence-corrected chi connectivity index (χ0v) is 15.8. The van der Waals surface area contributed by atoms with Crippen LogP contribution in [-0.2, 0) is 6.73 Å². The smallest absolute Gasteiger partial charge is 0.297 e. The van der Waals surface area contributed by atoms with Crippen molar-refractivity contribution in [3.63, 3.8) is 0 Å². The molecule has 1 aliphatic heterocycles. The number of para-hydroxylation sites is 1. The first-order valence-electron chi connectivity index (χ1n) is 7.94. The summed E-state index contributed by atoms with van der Waals surface area (Å²) >= 11 is 11.9. The van der Waals surface area contributed by atoms with E-state index in [-0.39, 0.29) is 27.5 Å². The topological polar surface area (TPSA) is 80.0 Å². The Hall–Kier alpha value is -2.37. The summed E-state index contributed by atoms with van der Waals surface area (Å²) in [4.78, 5) is 12.5. The van der Waals surface area contributed by atoms with Gasteiger partial charge in [0.25, 0.3) is 18.8 Å². The maximum Gasteiger partial charge on any atom is 0.297 e. The van der Waals surface area contributed by atoms with Crippen molar-refractivity contribution in [3.8, 4) is 5.75 Å². The number of aromatic nitrogens is 2. The Bertz CT molecular complexity index is 936. The van der Waals surface area contributed by atoms with Gasteiger partial charge in [-0.2, -0.15) is 15.2 Å². The highest BCUT2D eigenvalue weighted by Gasteiger charge is 2.53. The molecule has 1 atom stereocenters. The molecule has 0 saturated heterocycles. The van der Waals surface area contributed by atoms with Crippen LogP contribution in [0.15, 0.2) is 35.6 Å². The summed E-state index contributed by atoms with van der Waals surface area (Å²) in [7, 11) is 0. The summed E-state index contributed by atoms with van der Waals surface area (Å²) in [6, 6.07) is 5.81. The molecule has 1 aromatic carbocycles. The molecule has 1 aliphatic rings. The molecule has 156 valence electrons. The minimum atomic E-state index is -3.53. The van der Waals surface area contributed by atoms with Crippen molar-refractivity contribution >= 4 is 34.8 Å². The molecule has 2 aromatic rings. The number of alkyl halides is 4. The maximum atomic E-state index is 13.2. The number of benzene rings is 1. The number of ether oxygens (including phenoxy) is 1. The van der Waals surface area contributed by atoms with Gasteiger partial charge in [-0.15, -0.1) is 0 Å². The highest BCUT2D eigenvalue weighted by Crippen LogP contribution is 2.34. The predicted octanol–water partition coefficient (Wildman–Crippen LogP) is 3.65. The van der Waals surface area contributed by atoms with Crippen LogP contribution in [0.5, 0.6) is 5.75 Å². The van der Waals surface area contributed by atoms with Gasteiger partial charge in [0.05, 0.1) is 10.0 Å². The van der Waals surface area contributed by atoms with E-state index in [1.54, 1.807) is 6.07 Å². The molecule has 0 bridgehead atoms. The van der Waals surface area contributed by atoms with Gasteiger partial charge < -0.3 is 9.84 Å². The van der Waals surface area contributed by atoms with Crippen LogP contribution in [-0.4, -0.2) is 50.1 Å². The summed E-state index contributed by atoms with van der Waals surface area (Å²) in [5, 5.41) is 17.4. The Morgan fingerprint density at radius 2 is 1.90 bits per heavy atom. The molecule has 0 fully saturated rings. The van der Waals surface area contributed by atoms with Gasteiger partial charge in [0, 0.05) is 12.6 Å². The fourth-order valence-electron chi connectivity index (χ4n) is 2.51. The minimum absolute atomic E-state index is 0.0718. The van der Waals surface area contributed by atoms with Gasteiger partial charge in [-0.05, 0) is 18.2 Å². The predicted molar refractivity (Wildman–Crippen MR) is 94.5 cm³/mol. The fraction of sp³-hybridized carbons (Fsp3) is 0.312. The van der Waals surface area contributed by atoms with Crippen LogP contribution in [0.1, 0.15) is 16.9 Å². The van der Waals surface area contributed by atoms with E-state index in [0.717, 1.165) is 10.7 Å². The molecule has 0 unspecified atom stereocenters. The molecule has 0 spiro atoms. The average molecular weight is 455 g/mol. The molecule has 1 amide bonds. The number of hydrogen-bond donors (Lipinski definition) is 1. The maximum absolute atomic E-state index is 13.2. The quantitative estimate of drug-likeness (QED) is 0.675. The van der Waals surface area contributed by atoms with E-state index >= 15 is 0 Å². The van der Waals surface area contributed by atoms with Crippen LogP contribution in [0.25, 0.3) is 0 Å². The summed E-state index contributed by atoms with van der Waals surface area (Å²) in [6.07, 6.45) is -6.64. The monoisotopic (exact) mass is 454 g/mol. The van der Waals surface area contributed by atoms with E-state index in [4.69, 9.17) is 27.9 Å². The number of amides is 1. The fourth-order valence-corrected chi connectivity index (χ4v) is 3.02.